The minimum atomic E-state index is -0.559. The number of rotatable bonds is 5. The Labute approximate surface area is 199 Å². The second kappa shape index (κ2) is 9.46. The summed E-state index contributed by atoms with van der Waals surface area (Å²) in [4.78, 5) is 25.5. The topological polar surface area (TPSA) is 93.8 Å². The average molecular weight is 506 g/mol. The summed E-state index contributed by atoms with van der Waals surface area (Å²) in [5, 5.41) is 2.92. The Morgan fingerprint density at radius 1 is 1.12 bits per heavy atom. The highest BCUT2D eigenvalue weighted by atomic mass is 79.9. The lowest BCUT2D eigenvalue weighted by atomic mass is 9.93. The van der Waals surface area contributed by atoms with E-state index in [0.717, 1.165) is 27.0 Å². The van der Waals surface area contributed by atoms with Crippen molar-refractivity contribution < 1.29 is 9.18 Å². The SMILES string of the molecule is Cc1cc(-c2cc(F)c(N)c(Cc3ccccc3Br)c2NC(=O)c2cnccn2)cc(C)n1. The van der Waals surface area contributed by atoms with Crippen molar-refractivity contribution >= 4 is 33.2 Å². The standard InChI is InChI=1S/C25H21BrFN5O/c1-14-9-17(10-15(2)31-14)18-12-21(27)23(28)19(11-16-5-3-4-6-20(16)26)24(18)32-25(33)22-13-29-7-8-30-22/h3-10,12-13H,11,28H2,1-2H3,(H,32,33). The summed E-state index contributed by atoms with van der Waals surface area (Å²) >= 11 is 3.54. The minimum Gasteiger partial charge on any atom is -0.396 e. The van der Waals surface area contributed by atoms with Crippen LogP contribution in [0.2, 0.25) is 0 Å². The summed E-state index contributed by atoms with van der Waals surface area (Å²) < 4.78 is 15.9. The maximum absolute atomic E-state index is 15.1. The Morgan fingerprint density at radius 3 is 2.52 bits per heavy atom. The largest absolute Gasteiger partial charge is 0.396 e. The number of nitrogens with two attached hydrogens (primary N) is 1. The average Bonchev–Trinajstić information content (AvgIpc) is 2.79. The molecule has 0 radical (unpaired) electrons. The van der Waals surface area contributed by atoms with Crippen molar-refractivity contribution in [3.8, 4) is 11.1 Å². The summed E-state index contributed by atoms with van der Waals surface area (Å²) in [6, 6.07) is 12.6. The molecule has 2 aromatic heterocycles. The van der Waals surface area contributed by atoms with Crippen LogP contribution < -0.4 is 11.1 Å². The Balaban J connectivity index is 1.93. The van der Waals surface area contributed by atoms with Gasteiger partial charge in [-0.2, -0.15) is 0 Å². The van der Waals surface area contributed by atoms with Crippen LogP contribution in [0.25, 0.3) is 11.1 Å². The van der Waals surface area contributed by atoms with Gasteiger partial charge in [0.05, 0.1) is 17.6 Å². The van der Waals surface area contributed by atoms with E-state index in [4.69, 9.17) is 5.73 Å². The zero-order valence-electron chi connectivity index (χ0n) is 18.1. The van der Waals surface area contributed by atoms with Crippen LogP contribution >= 0.6 is 15.9 Å². The third kappa shape index (κ3) is 4.90. The molecule has 166 valence electrons. The van der Waals surface area contributed by atoms with Gasteiger partial charge in [0.25, 0.3) is 5.91 Å². The molecule has 0 aliphatic rings. The number of nitrogens with zero attached hydrogens (tertiary/aromatic N) is 3. The molecule has 0 unspecified atom stereocenters. The first-order chi connectivity index (χ1) is 15.8. The molecule has 3 N–H and O–H groups in total. The highest BCUT2D eigenvalue weighted by Crippen LogP contribution is 2.39. The number of anilines is 2. The van der Waals surface area contributed by atoms with Crippen molar-refractivity contribution in [2.24, 2.45) is 0 Å². The van der Waals surface area contributed by atoms with Gasteiger partial charge in [-0.15, -0.1) is 0 Å². The van der Waals surface area contributed by atoms with E-state index in [-0.39, 0.29) is 11.4 Å². The molecular weight excluding hydrogens is 485 g/mol. The lowest BCUT2D eigenvalue weighted by Crippen LogP contribution is -2.17. The molecule has 0 bridgehead atoms. The quantitative estimate of drug-likeness (QED) is 0.350. The molecule has 6 nitrogen and oxygen atoms in total. The van der Waals surface area contributed by atoms with E-state index in [1.807, 2.05) is 50.2 Å². The highest BCUT2D eigenvalue weighted by molar-refractivity contribution is 9.10. The van der Waals surface area contributed by atoms with Crippen LogP contribution in [0.3, 0.4) is 0 Å². The number of pyridine rings is 1. The molecule has 8 heteroatoms. The predicted octanol–water partition coefficient (Wildman–Crippen LogP) is 5.48. The Bertz CT molecular complexity index is 1320. The van der Waals surface area contributed by atoms with Gasteiger partial charge in [0, 0.05) is 45.8 Å². The normalized spacial score (nSPS) is 10.8. The molecule has 2 aromatic carbocycles. The van der Waals surface area contributed by atoms with E-state index in [1.54, 1.807) is 0 Å². The smallest absolute Gasteiger partial charge is 0.275 e. The van der Waals surface area contributed by atoms with Gasteiger partial charge in [-0.05, 0) is 49.2 Å². The van der Waals surface area contributed by atoms with Gasteiger partial charge in [0.1, 0.15) is 11.5 Å². The molecule has 1 amide bonds. The van der Waals surface area contributed by atoms with Crippen LogP contribution in [-0.4, -0.2) is 20.9 Å². The van der Waals surface area contributed by atoms with Gasteiger partial charge < -0.3 is 11.1 Å². The van der Waals surface area contributed by atoms with Gasteiger partial charge in [-0.3, -0.25) is 14.8 Å². The van der Waals surface area contributed by atoms with E-state index < -0.39 is 11.7 Å². The number of aromatic nitrogens is 3. The van der Waals surface area contributed by atoms with Crippen LogP contribution in [0.4, 0.5) is 15.8 Å². The van der Waals surface area contributed by atoms with Crippen molar-refractivity contribution in [2.45, 2.75) is 20.3 Å². The summed E-state index contributed by atoms with van der Waals surface area (Å²) in [5.74, 6) is -1.03. The number of amides is 1. The first-order valence-electron chi connectivity index (χ1n) is 10.2. The molecule has 0 spiro atoms. The Morgan fingerprint density at radius 2 is 1.85 bits per heavy atom. The fourth-order valence-electron chi connectivity index (χ4n) is 3.69. The third-order valence-corrected chi connectivity index (χ3v) is 5.95. The zero-order valence-corrected chi connectivity index (χ0v) is 19.6. The van der Waals surface area contributed by atoms with E-state index in [0.29, 0.717) is 23.2 Å². The number of hydrogen-bond acceptors (Lipinski definition) is 5. The number of aryl methyl sites for hydroxylation is 2. The number of carbonyl (C=O) groups excluding carboxylic acids is 1. The monoisotopic (exact) mass is 505 g/mol. The molecule has 0 aliphatic heterocycles. The molecule has 0 saturated carbocycles. The maximum atomic E-state index is 15.1. The van der Waals surface area contributed by atoms with Gasteiger partial charge >= 0.3 is 0 Å². The van der Waals surface area contributed by atoms with Gasteiger partial charge in [0.15, 0.2) is 0 Å². The lowest BCUT2D eigenvalue weighted by Gasteiger charge is -2.20. The summed E-state index contributed by atoms with van der Waals surface area (Å²) in [6.45, 7) is 3.73. The molecule has 0 saturated heterocycles. The first-order valence-corrected chi connectivity index (χ1v) is 11.0. The molecular formula is C25H21BrFN5O. The van der Waals surface area contributed by atoms with Crippen LogP contribution in [0, 0.1) is 19.7 Å². The number of nitrogens with one attached hydrogen (secondary N) is 1. The van der Waals surface area contributed by atoms with E-state index in [9.17, 15) is 4.79 Å². The molecule has 33 heavy (non-hydrogen) atoms. The Kier molecular flexibility index (Phi) is 6.46. The number of carbonyl (C=O) groups is 1. The predicted molar refractivity (Wildman–Crippen MR) is 130 cm³/mol. The fraction of sp³-hybridized carbons (Fsp3) is 0.120. The van der Waals surface area contributed by atoms with Crippen LogP contribution in [0.5, 0.6) is 0 Å². The Hall–Kier alpha value is -3.65. The van der Waals surface area contributed by atoms with Crippen molar-refractivity contribution in [3.63, 3.8) is 0 Å². The fourth-order valence-corrected chi connectivity index (χ4v) is 4.11. The van der Waals surface area contributed by atoms with Crippen LogP contribution in [-0.2, 0) is 6.42 Å². The molecule has 0 fully saturated rings. The minimum absolute atomic E-state index is 0.0218. The van der Waals surface area contributed by atoms with Crippen LogP contribution in [0.1, 0.15) is 33.0 Å². The molecule has 4 aromatic rings. The van der Waals surface area contributed by atoms with E-state index in [1.165, 1.54) is 24.7 Å². The second-order valence-corrected chi connectivity index (χ2v) is 8.48. The number of halogens is 2. The highest BCUT2D eigenvalue weighted by Gasteiger charge is 2.22. The zero-order chi connectivity index (χ0) is 23.5. The molecule has 0 atom stereocenters. The number of hydrogen-bond donors (Lipinski definition) is 2. The van der Waals surface area contributed by atoms with Gasteiger partial charge in [-0.25, -0.2) is 9.37 Å². The molecule has 4 rings (SSSR count). The van der Waals surface area contributed by atoms with Crippen molar-refractivity contribution in [1.82, 2.24) is 15.0 Å². The summed E-state index contributed by atoms with van der Waals surface area (Å²) in [5.41, 5.74) is 10.9. The van der Waals surface area contributed by atoms with E-state index >= 15 is 4.39 Å². The molecule has 0 aliphatic carbocycles. The third-order valence-electron chi connectivity index (χ3n) is 5.18. The maximum Gasteiger partial charge on any atom is 0.275 e. The van der Waals surface area contributed by atoms with Gasteiger partial charge in [-0.1, -0.05) is 34.1 Å². The van der Waals surface area contributed by atoms with Crippen molar-refractivity contribution in [2.75, 3.05) is 11.1 Å². The van der Waals surface area contributed by atoms with Crippen LogP contribution in [0.15, 0.2) is 65.5 Å². The summed E-state index contributed by atoms with van der Waals surface area (Å²) in [7, 11) is 0. The first kappa shape index (κ1) is 22.5. The number of nitrogen functional groups attached to an aromatic ring is 1. The van der Waals surface area contributed by atoms with Gasteiger partial charge in [0.2, 0.25) is 0 Å². The second-order valence-electron chi connectivity index (χ2n) is 7.62. The molecule has 2 heterocycles. The lowest BCUT2D eigenvalue weighted by molar-refractivity contribution is 0.102. The van der Waals surface area contributed by atoms with Crippen molar-refractivity contribution in [1.29, 1.82) is 0 Å². The van der Waals surface area contributed by atoms with E-state index in [2.05, 4.69) is 36.2 Å². The van der Waals surface area contributed by atoms with Crippen molar-refractivity contribution in [3.05, 3.63) is 99.6 Å². The number of benzene rings is 2. The summed E-state index contributed by atoms with van der Waals surface area (Å²) in [6.07, 6.45) is 4.60.